The lowest BCUT2D eigenvalue weighted by Crippen LogP contribution is -2.35. The first-order chi connectivity index (χ1) is 9.35. The van der Waals surface area contributed by atoms with Crippen LogP contribution >= 0.6 is 0 Å². The largest absolute Gasteiger partial charge is 0.468 e. The molecule has 2 aliphatic rings. The van der Waals surface area contributed by atoms with Crippen LogP contribution in [-0.4, -0.2) is 49.1 Å². The second-order valence-corrected chi connectivity index (χ2v) is 5.87. The van der Waals surface area contributed by atoms with Gasteiger partial charge in [0.25, 0.3) is 0 Å². The van der Waals surface area contributed by atoms with E-state index in [1.54, 1.807) is 0 Å². The van der Waals surface area contributed by atoms with E-state index in [-0.39, 0.29) is 0 Å². The Labute approximate surface area is 115 Å². The number of likely N-dealkylation sites (tertiary alicyclic amines) is 2. The van der Waals surface area contributed by atoms with E-state index in [1.165, 1.54) is 51.0 Å². The monoisotopic (exact) mass is 263 g/mol. The first kappa shape index (κ1) is 13.2. The van der Waals surface area contributed by atoms with E-state index in [0.717, 1.165) is 24.9 Å². The maximum absolute atomic E-state index is 5.64. The maximum Gasteiger partial charge on any atom is 0.118 e. The van der Waals surface area contributed by atoms with E-state index in [2.05, 4.69) is 21.2 Å². The molecule has 0 amide bonds. The molecule has 2 aliphatic heterocycles. The van der Waals surface area contributed by atoms with Crippen molar-refractivity contribution in [1.29, 1.82) is 0 Å². The van der Waals surface area contributed by atoms with Gasteiger partial charge < -0.3 is 9.73 Å². The van der Waals surface area contributed by atoms with Crippen LogP contribution in [0.2, 0.25) is 0 Å². The third-order valence-electron chi connectivity index (χ3n) is 4.37. The number of furan rings is 1. The van der Waals surface area contributed by atoms with E-state index in [1.807, 2.05) is 13.3 Å². The topological polar surface area (TPSA) is 31.7 Å². The Bertz CT molecular complexity index is 398. The van der Waals surface area contributed by atoms with E-state index in [9.17, 15) is 0 Å². The van der Waals surface area contributed by atoms with Crippen molar-refractivity contribution >= 4 is 0 Å². The summed E-state index contributed by atoms with van der Waals surface area (Å²) in [6, 6.07) is 2.97. The molecule has 0 radical (unpaired) electrons. The molecule has 1 aromatic heterocycles. The fraction of sp³-hybridized carbons (Fsp3) is 0.733. The molecule has 2 fully saturated rings. The Balaban J connectivity index is 1.50. The maximum atomic E-state index is 5.64. The van der Waals surface area contributed by atoms with Gasteiger partial charge in [0.1, 0.15) is 5.76 Å². The third-order valence-corrected chi connectivity index (χ3v) is 4.37. The predicted molar refractivity (Wildman–Crippen MR) is 76.0 cm³/mol. The van der Waals surface area contributed by atoms with Crippen molar-refractivity contribution in [3.8, 4) is 0 Å². The quantitative estimate of drug-likeness (QED) is 0.875. The van der Waals surface area contributed by atoms with Crippen LogP contribution in [0, 0.1) is 0 Å². The molecule has 1 aromatic rings. The highest BCUT2D eigenvalue weighted by molar-refractivity contribution is 5.12. The zero-order chi connectivity index (χ0) is 13.1. The molecule has 106 valence electrons. The smallest absolute Gasteiger partial charge is 0.118 e. The zero-order valence-corrected chi connectivity index (χ0v) is 11.9. The Morgan fingerprint density at radius 3 is 2.95 bits per heavy atom. The highest BCUT2D eigenvalue weighted by Gasteiger charge is 2.29. The second-order valence-electron chi connectivity index (χ2n) is 5.87. The summed E-state index contributed by atoms with van der Waals surface area (Å²) in [4.78, 5) is 5.21. The number of nitrogens with one attached hydrogen (secondary N) is 1. The Morgan fingerprint density at radius 2 is 2.16 bits per heavy atom. The van der Waals surface area contributed by atoms with Gasteiger partial charge in [-0.2, -0.15) is 0 Å². The van der Waals surface area contributed by atoms with Crippen LogP contribution in [0.15, 0.2) is 16.7 Å². The van der Waals surface area contributed by atoms with Crippen LogP contribution in [0.3, 0.4) is 0 Å². The van der Waals surface area contributed by atoms with Crippen LogP contribution in [0.4, 0.5) is 0 Å². The summed E-state index contributed by atoms with van der Waals surface area (Å²) < 4.78 is 5.64. The predicted octanol–water partition coefficient (Wildman–Crippen LogP) is 1.67. The molecular weight excluding hydrogens is 238 g/mol. The van der Waals surface area contributed by atoms with E-state index in [0.29, 0.717) is 0 Å². The molecule has 1 unspecified atom stereocenters. The molecule has 3 heterocycles. The molecular formula is C15H25N3O. The SMILES string of the molecule is CNCc1coc(CN2CCC(N3CCCC3)C2)c1. The molecule has 0 saturated carbocycles. The van der Waals surface area contributed by atoms with Gasteiger partial charge in [-0.25, -0.2) is 0 Å². The van der Waals surface area contributed by atoms with Gasteiger partial charge in [-0.15, -0.1) is 0 Å². The van der Waals surface area contributed by atoms with E-state index >= 15 is 0 Å². The number of nitrogens with zero attached hydrogens (tertiary/aromatic N) is 2. The van der Waals surface area contributed by atoms with E-state index < -0.39 is 0 Å². The molecule has 4 nitrogen and oxygen atoms in total. The van der Waals surface area contributed by atoms with Crippen molar-refractivity contribution in [2.75, 3.05) is 33.2 Å². The standard InChI is InChI=1S/C15H25N3O/c1-16-9-13-8-15(19-12-13)11-17-7-4-14(10-17)18-5-2-3-6-18/h8,12,14,16H,2-7,9-11H2,1H3. The van der Waals surface area contributed by atoms with Gasteiger partial charge in [-0.05, 0) is 45.5 Å². The summed E-state index contributed by atoms with van der Waals surface area (Å²) in [5, 5.41) is 3.15. The van der Waals surface area contributed by atoms with Crippen LogP contribution in [0.1, 0.15) is 30.6 Å². The first-order valence-electron chi connectivity index (χ1n) is 7.52. The van der Waals surface area contributed by atoms with Crippen LogP contribution in [0.5, 0.6) is 0 Å². The fourth-order valence-electron chi connectivity index (χ4n) is 3.39. The summed E-state index contributed by atoms with van der Waals surface area (Å²) in [7, 11) is 1.97. The molecule has 0 spiro atoms. The zero-order valence-electron chi connectivity index (χ0n) is 11.9. The Kier molecular flexibility index (Phi) is 4.21. The molecule has 1 atom stereocenters. The van der Waals surface area contributed by atoms with Gasteiger partial charge in [-0.3, -0.25) is 9.80 Å². The van der Waals surface area contributed by atoms with Gasteiger partial charge >= 0.3 is 0 Å². The molecule has 2 saturated heterocycles. The molecule has 0 aliphatic carbocycles. The van der Waals surface area contributed by atoms with Crippen molar-refractivity contribution in [3.63, 3.8) is 0 Å². The summed E-state index contributed by atoms with van der Waals surface area (Å²) in [6.45, 7) is 6.90. The van der Waals surface area contributed by atoms with Crippen LogP contribution < -0.4 is 5.32 Å². The minimum atomic E-state index is 0.786. The molecule has 4 heteroatoms. The van der Waals surface area contributed by atoms with Gasteiger partial charge in [-0.1, -0.05) is 0 Å². The van der Waals surface area contributed by atoms with Gasteiger partial charge in [0.05, 0.1) is 12.8 Å². The van der Waals surface area contributed by atoms with Crippen molar-refractivity contribution in [1.82, 2.24) is 15.1 Å². The van der Waals surface area contributed by atoms with E-state index in [4.69, 9.17) is 4.42 Å². The van der Waals surface area contributed by atoms with Crippen molar-refractivity contribution in [3.05, 3.63) is 23.7 Å². The molecule has 0 bridgehead atoms. The number of hydrogen-bond acceptors (Lipinski definition) is 4. The molecule has 0 aromatic carbocycles. The number of rotatable bonds is 5. The third kappa shape index (κ3) is 3.19. The average molecular weight is 263 g/mol. The lowest BCUT2D eigenvalue weighted by Gasteiger charge is -2.23. The first-order valence-corrected chi connectivity index (χ1v) is 7.52. The van der Waals surface area contributed by atoms with Gasteiger partial charge in [0.15, 0.2) is 0 Å². The Hall–Kier alpha value is -0.840. The van der Waals surface area contributed by atoms with Gasteiger partial charge in [0.2, 0.25) is 0 Å². The minimum absolute atomic E-state index is 0.786. The van der Waals surface area contributed by atoms with Crippen molar-refractivity contribution < 1.29 is 4.42 Å². The van der Waals surface area contributed by atoms with Crippen molar-refractivity contribution in [2.45, 2.75) is 38.4 Å². The van der Waals surface area contributed by atoms with Crippen LogP contribution in [-0.2, 0) is 13.1 Å². The normalized spacial score (nSPS) is 25.4. The highest BCUT2D eigenvalue weighted by atomic mass is 16.3. The summed E-state index contributed by atoms with van der Waals surface area (Å²) in [5.74, 6) is 1.10. The summed E-state index contributed by atoms with van der Waals surface area (Å²) in [5.41, 5.74) is 1.24. The number of hydrogen-bond donors (Lipinski definition) is 1. The molecule has 3 rings (SSSR count). The lowest BCUT2D eigenvalue weighted by molar-refractivity contribution is 0.223. The molecule has 1 N–H and O–H groups in total. The minimum Gasteiger partial charge on any atom is -0.468 e. The van der Waals surface area contributed by atoms with Gasteiger partial charge in [0, 0.05) is 31.2 Å². The lowest BCUT2D eigenvalue weighted by atomic mass is 10.2. The Morgan fingerprint density at radius 1 is 1.32 bits per heavy atom. The summed E-state index contributed by atoms with van der Waals surface area (Å²) >= 11 is 0. The molecule has 19 heavy (non-hydrogen) atoms. The average Bonchev–Trinajstić information content (AvgIpc) is 3.10. The highest BCUT2D eigenvalue weighted by Crippen LogP contribution is 2.22. The summed E-state index contributed by atoms with van der Waals surface area (Å²) in [6.07, 6.45) is 5.98. The van der Waals surface area contributed by atoms with Crippen molar-refractivity contribution in [2.24, 2.45) is 0 Å². The fourth-order valence-corrected chi connectivity index (χ4v) is 3.39. The van der Waals surface area contributed by atoms with Crippen LogP contribution in [0.25, 0.3) is 0 Å². The second kappa shape index (κ2) is 6.07.